The summed E-state index contributed by atoms with van der Waals surface area (Å²) in [5.74, 6) is 1.48. The lowest BCUT2D eigenvalue weighted by atomic mass is 9.90. The molecule has 0 radical (unpaired) electrons. The first-order valence-electron chi connectivity index (χ1n) is 10.5. The van der Waals surface area contributed by atoms with Crippen LogP contribution >= 0.6 is 8.46 Å². The molecular formula is C26H24N2O5P+. The highest BCUT2D eigenvalue weighted by molar-refractivity contribution is 7.35. The molecule has 34 heavy (non-hydrogen) atoms. The van der Waals surface area contributed by atoms with Crippen molar-refractivity contribution >= 4 is 13.8 Å². The summed E-state index contributed by atoms with van der Waals surface area (Å²) in [5.41, 5.74) is 4.54. The van der Waals surface area contributed by atoms with E-state index in [0.717, 1.165) is 16.7 Å². The van der Waals surface area contributed by atoms with Gasteiger partial charge in [-0.05, 0) is 11.1 Å². The second-order valence-corrected chi connectivity index (χ2v) is 7.84. The van der Waals surface area contributed by atoms with Crippen LogP contribution in [0.1, 0.15) is 0 Å². The normalized spacial score (nSPS) is 10.7. The number of rotatable bonds is 8. The van der Waals surface area contributed by atoms with E-state index in [-0.39, 0.29) is 8.46 Å². The van der Waals surface area contributed by atoms with Crippen LogP contribution in [0.25, 0.3) is 33.4 Å². The number of H-pyrrole nitrogens is 1. The molecule has 0 aliphatic rings. The molecule has 0 bridgehead atoms. The van der Waals surface area contributed by atoms with Crippen molar-refractivity contribution in [2.45, 2.75) is 0 Å². The monoisotopic (exact) mass is 475 g/mol. The molecule has 4 aromatic rings. The fourth-order valence-electron chi connectivity index (χ4n) is 3.92. The van der Waals surface area contributed by atoms with Gasteiger partial charge in [-0.15, -0.1) is 4.98 Å². The molecule has 0 saturated heterocycles. The largest absolute Gasteiger partial charge is 0.481 e. The first-order valence-corrected chi connectivity index (χ1v) is 11.3. The van der Waals surface area contributed by atoms with E-state index in [1.54, 1.807) is 21.3 Å². The van der Waals surface area contributed by atoms with Crippen molar-refractivity contribution in [2.24, 2.45) is 0 Å². The van der Waals surface area contributed by atoms with Crippen LogP contribution in [0.5, 0.6) is 23.5 Å². The van der Waals surface area contributed by atoms with Gasteiger partial charge < -0.3 is 18.9 Å². The molecule has 0 atom stereocenters. The molecule has 1 N–H and O–H groups in total. The second-order valence-electron chi connectivity index (χ2n) is 7.21. The first kappa shape index (κ1) is 23.2. The van der Waals surface area contributed by atoms with Crippen LogP contribution in [0.4, 0.5) is 0 Å². The van der Waals surface area contributed by atoms with Crippen LogP contribution in [-0.4, -0.2) is 33.4 Å². The van der Waals surface area contributed by atoms with E-state index in [4.69, 9.17) is 18.9 Å². The third-order valence-corrected chi connectivity index (χ3v) is 6.03. The number of nitrogens with one attached hydrogen (secondary N) is 1. The average Bonchev–Trinajstić information content (AvgIpc) is 2.91. The summed E-state index contributed by atoms with van der Waals surface area (Å²) >= 11 is 0. The second kappa shape index (κ2) is 10.3. The maximum atomic E-state index is 12.5. The molecule has 4 rings (SSSR count). The van der Waals surface area contributed by atoms with Crippen molar-refractivity contribution in [1.29, 1.82) is 0 Å². The summed E-state index contributed by atoms with van der Waals surface area (Å²) in [7, 11) is 5.96. The zero-order chi connectivity index (χ0) is 24.1. The zero-order valence-electron chi connectivity index (χ0n) is 19.3. The summed E-state index contributed by atoms with van der Waals surface area (Å²) in [6.07, 6.45) is 0. The number of methoxy groups -OCH3 is 4. The Labute approximate surface area is 199 Å². The number of nitrogens with zero attached hydrogens (tertiary/aromatic N) is 1. The molecular weight excluding hydrogens is 451 g/mol. The van der Waals surface area contributed by atoms with E-state index in [1.807, 2.05) is 66.7 Å². The minimum absolute atomic E-state index is 0.223. The van der Waals surface area contributed by atoms with Crippen LogP contribution in [-0.2, 0) is 4.57 Å². The van der Waals surface area contributed by atoms with Gasteiger partial charge in [-0.25, -0.2) is 0 Å². The molecule has 172 valence electrons. The van der Waals surface area contributed by atoms with Crippen molar-refractivity contribution in [2.75, 3.05) is 28.4 Å². The molecule has 0 aliphatic heterocycles. The smallest absolute Gasteiger partial charge is 0.385 e. The SMILES string of the molecule is COc1cc(-c2ccccc2)c(-c2c(OC)[nH+]c(OC)c(P=O)c2-c2ccccc2)c(OC)n1. The number of hydrogen-bond donors (Lipinski definition) is 0. The minimum atomic E-state index is -0.223. The number of benzene rings is 2. The fraction of sp³-hybridized carbons (Fsp3) is 0.154. The number of aromatic nitrogens is 2. The zero-order valence-corrected chi connectivity index (χ0v) is 20.2. The van der Waals surface area contributed by atoms with Crippen molar-refractivity contribution in [3.8, 4) is 56.9 Å². The Bertz CT molecular complexity index is 1310. The summed E-state index contributed by atoms with van der Waals surface area (Å²) in [5, 5.41) is 0.446. The molecule has 0 spiro atoms. The lowest BCUT2D eigenvalue weighted by Crippen LogP contribution is -2.22. The molecule has 0 fully saturated rings. The first-order chi connectivity index (χ1) is 16.7. The van der Waals surface area contributed by atoms with E-state index in [1.165, 1.54) is 7.11 Å². The van der Waals surface area contributed by atoms with Crippen molar-refractivity contribution in [1.82, 2.24) is 4.98 Å². The predicted molar refractivity (Wildman–Crippen MR) is 131 cm³/mol. The topological polar surface area (TPSA) is 81.0 Å². The maximum absolute atomic E-state index is 12.5. The van der Waals surface area contributed by atoms with Gasteiger partial charge in [0.05, 0.1) is 34.0 Å². The molecule has 0 aliphatic carbocycles. The minimum Gasteiger partial charge on any atom is -0.481 e. The van der Waals surface area contributed by atoms with Gasteiger partial charge in [0.25, 0.3) is 0 Å². The van der Waals surface area contributed by atoms with Gasteiger partial charge in [0.2, 0.25) is 20.2 Å². The summed E-state index contributed by atoms with van der Waals surface area (Å²) in [4.78, 5) is 7.69. The van der Waals surface area contributed by atoms with E-state index >= 15 is 0 Å². The third-order valence-electron chi connectivity index (χ3n) is 5.42. The Kier molecular flexibility index (Phi) is 7.04. The number of hydrogen-bond acceptors (Lipinski definition) is 6. The van der Waals surface area contributed by atoms with E-state index in [9.17, 15) is 4.57 Å². The molecule has 0 amide bonds. The summed E-state index contributed by atoms with van der Waals surface area (Å²) in [6.45, 7) is 0. The van der Waals surface area contributed by atoms with Gasteiger partial charge in [-0.1, -0.05) is 60.7 Å². The quantitative estimate of drug-likeness (QED) is 0.339. The molecule has 2 aromatic carbocycles. The van der Waals surface area contributed by atoms with Crippen molar-refractivity contribution < 1.29 is 28.5 Å². The Morgan fingerprint density at radius 3 is 1.85 bits per heavy atom. The Morgan fingerprint density at radius 1 is 0.706 bits per heavy atom. The lowest BCUT2D eigenvalue weighted by molar-refractivity contribution is -0.404. The van der Waals surface area contributed by atoms with E-state index in [2.05, 4.69) is 9.97 Å². The van der Waals surface area contributed by atoms with Crippen molar-refractivity contribution in [3.05, 3.63) is 66.7 Å². The van der Waals surface area contributed by atoms with Gasteiger partial charge in [0.15, 0.2) is 5.30 Å². The average molecular weight is 475 g/mol. The van der Waals surface area contributed by atoms with Crippen LogP contribution in [0.15, 0.2) is 66.7 Å². The number of pyridine rings is 2. The molecule has 2 aromatic heterocycles. The Balaban J connectivity index is 2.22. The Morgan fingerprint density at radius 2 is 1.32 bits per heavy atom. The molecule has 0 unspecified atom stereocenters. The van der Waals surface area contributed by atoms with Crippen LogP contribution in [0, 0.1) is 0 Å². The van der Waals surface area contributed by atoms with E-state index in [0.29, 0.717) is 45.5 Å². The molecule has 0 saturated carbocycles. The van der Waals surface area contributed by atoms with Gasteiger partial charge in [-0.2, -0.15) is 4.98 Å². The lowest BCUT2D eigenvalue weighted by Gasteiger charge is -2.19. The molecule has 2 heterocycles. The highest BCUT2D eigenvalue weighted by Gasteiger charge is 2.33. The third kappa shape index (κ3) is 4.18. The summed E-state index contributed by atoms with van der Waals surface area (Å²) in [6, 6.07) is 21.3. The highest BCUT2D eigenvalue weighted by Crippen LogP contribution is 2.47. The van der Waals surface area contributed by atoms with Gasteiger partial charge >= 0.3 is 11.8 Å². The van der Waals surface area contributed by atoms with Gasteiger partial charge in [0, 0.05) is 17.2 Å². The van der Waals surface area contributed by atoms with Gasteiger partial charge in [0.1, 0.15) is 5.56 Å². The molecule has 8 heteroatoms. The van der Waals surface area contributed by atoms with Crippen molar-refractivity contribution in [3.63, 3.8) is 0 Å². The standard InChI is InChI=1S/C26H23N2O5P/c1-30-19-15-18(16-11-7-5-8-12-16)21(24(27-19)31-2)22-20(17-13-9-6-10-14-17)23(34-29)26(33-4)28-25(22)32-3/h5-15H,1-4H3/p+1. The number of aromatic amines is 1. The Hall–Kier alpha value is -3.96. The van der Waals surface area contributed by atoms with E-state index < -0.39 is 0 Å². The van der Waals surface area contributed by atoms with Crippen LogP contribution in [0.3, 0.4) is 0 Å². The number of ether oxygens (including phenoxy) is 4. The summed E-state index contributed by atoms with van der Waals surface area (Å²) < 4.78 is 35.0. The highest BCUT2D eigenvalue weighted by atomic mass is 31.1. The van der Waals surface area contributed by atoms with Crippen LogP contribution in [0.2, 0.25) is 0 Å². The van der Waals surface area contributed by atoms with Gasteiger partial charge in [-0.3, -0.25) is 4.57 Å². The molecule has 7 nitrogen and oxygen atoms in total. The fourth-order valence-corrected chi connectivity index (χ4v) is 4.48. The predicted octanol–water partition coefficient (Wildman–Crippen LogP) is 4.85. The van der Waals surface area contributed by atoms with Crippen LogP contribution < -0.4 is 29.2 Å². The maximum Gasteiger partial charge on any atom is 0.385 e.